The van der Waals surface area contributed by atoms with E-state index in [1.807, 2.05) is 6.92 Å². The van der Waals surface area contributed by atoms with Crippen molar-refractivity contribution in [1.82, 2.24) is 10.0 Å². The number of morpholine rings is 1. The lowest BCUT2D eigenvalue weighted by Gasteiger charge is -2.24. The van der Waals surface area contributed by atoms with Gasteiger partial charge in [-0.25, -0.2) is 13.1 Å². The highest BCUT2D eigenvalue weighted by molar-refractivity contribution is 7.89. The number of ether oxygens (including phenoxy) is 1. The lowest BCUT2D eigenvalue weighted by Crippen LogP contribution is -2.48. The number of nitrogens with one attached hydrogen (secondary N) is 2. The monoisotopic (exact) mass is 304 g/mol. The molecule has 0 radical (unpaired) electrons. The maximum absolute atomic E-state index is 12.1. The number of benzene rings is 1. The summed E-state index contributed by atoms with van der Waals surface area (Å²) in [5.41, 5.74) is 0.922. The highest BCUT2D eigenvalue weighted by atomic mass is 35.5. The molecule has 1 heterocycles. The number of hydrogen-bond donors (Lipinski definition) is 2. The topological polar surface area (TPSA) is 67.4 Å². The highest BCUT2D eigenvalue weighted by Crippen LogP contribution is 2.22. The zero-order chi connectivity index (χ0) is 13.9. The van der Waals surface area contributed by atoms with Crippen molar-refractivity contribution in [3.8, 4) is 0 Å². The molecule has 1 aromatic carbocycles. The Morgan fingerprint density at radius 1 is 1.53 bits per heavy atom. The van der Waals surface area contributed by atoms with Crippen LogP contribution in [0.3, 0.4) is 0 Å². The van der Waals surface area contributed by atoms with Crippen LogP contribution in [-0.4, -0.2) is 40.8 Å². The van der Waals surface area contributed by atoms with Crippen molar-refractivity contribution in [3.05, 3.63) is 28.8 Å². The molecule has 1 saturated heterocycles. The van der Waals surface area contributed by atoms with E-state index in [0.29, 0.717) is 13.2 Å². The van der Waals surface area contributed by atoms with Crippen LogP contribution in [0.5, 0.6) is 0 Å². The summed E-state index contributed by atoms with van der Waals surface area (Å²) in [5.74, 6) is 0. The van der Waals surface area contributed by atoms with Crippen molar-refractivity contribution >= 4 is 21.6 Å². The fourth-order valence-corrected chi connectivity index (χ4v) is 3.54. The third-order valence-electron chi connectivity index (χ3n) is 2.90. The third kappa shape index (κ3) is 3.90. The van der Waals surface area contributed by atoms with E-state index in [1.165, 1.54) is 6.07 Å². The Morgan fingerprint density at radius 2 is 2.32 bits per heavy atom. The van der Waals surface area contributed by atoms with Gasteiger partial charge in [0.05, 0.1) is 18.2 Å². The van der Waals surface area contributed by atoms with Gasteiger partial charge >= 0.3 is 0 Å². The van der Waals surface area contributed by atoms with Crippen LogP contribution < -0.4 is 10.0 Å². The van der Waals surface area contributed by atoms with E-state index in [0.717, 1.165) is 12.1 Å². The van der Waals surface area contributed by atoms with Crippen LogP contribution in [0.25, 0.3) is 0 Å². The maximum Gasteiger partial charge on any atom is 0.242 e. The molecule has 0 spiro atoms. The van der Waals surface area contributed by atoms with E-state index in [4.69, 9.17) is 16.3 Å². The second-order valence-electron chi connectivity index (χ2n) is 4.51. The van der Waals surface area contributed by atoms with Gasteiger partial charge in [-0.15, -0.1) is 0 Å². The summed E-state index contributed by atoms with van der Waals surface area (Å²) in [5, 5.41) is 3.42. The summed E-state index contributed by atoms with van der Waals surface area (Å²) in [6.45, 7) is 4.04. The molecule has 106 valence electrons. The molecule has 0 amide bonds. The first-order valence-corrected chi connectivity index (χ1v) is 7.92. The maximum atomic E-state index is 12.1. The van der Waals surface area contributed by atoms with E-state index >= 15 is 0 Å². The number of sulfonamides is 1. The molecular weight excluding hydrogens is 288 g/mol. The van der Waals surface area contributed by atoms with Gasteiger partial charge in [0.2, 0.25) is 10.0 Å². The van der Waals surface area contributed by atoms with E-state index in [9.17, 15) is 8.42 Å². The minimum atomic E-state index is -3.58. The Balaban J connectivity index is 2.05. The summed E-state index contributed by atoms with van der Waals surface area (Å²) < 4.78 is 32.1. The van der Waals surface area contributed by atoms with E-state index < -0.39 is 10.0 Å². The fourth-order valence-electron chi connectivity index (χ4n) is 1.86. The molecule has 2 N–H and O–H groups in total. The largest absolute Gasteiger partial charge is 0.378 e. The van der Waals surface area contributed by atoms with Crippen molar-refractivity contribution in [2.45, 2.75) is 17.9 Å². The molecule has 1 aliphatic rings. The zero-order valence-electron chi connectivity index (χ0n) is 10.6. The summed E-state index contributed by atoms with van der Waals surface area (Å²) in [7, 11) is -3.58. The normalized spacial score (nSPS) is 20.4. The van der Waals surface area contributed by atoms with Crippen LogP contribution in [0.15, 0.2) is 23.1 Å². The van der Waals surface area contributed by atoms with Crippen LogP contribution in [0.4, 0.5) is 0 Å². The third-order valence-corrected chi connectivity index (χ3v) is 4.80. The van der Waals surface area contributed by atoms with Crippen molar-refractivity contribution in [2.24, 2.45) is 0 Å². The van der Waals surface area contributed by atoms with Gasteiger partial charge in [-0.1, -0.05) is 17.7 Å². The van der Waals surface area contributed by atoms with Gasteiger partial charge in [-0.2, -0.15) is 0 Å². The number of hydrogen-bond acceptors (Lipinski definition) is 4. The summed E-state index contributed by atoms with van der Waals surface area (Å²) >= 11 is 5.98. The summed E-state index contributed by atoms with van der Waals surface area (Å²) in [6, 6.07) is 4.87. The lowest BCUT2D eigenvalue weighted by atomic mass is 10.2. The van der Waals surface area contributed by atoms with Gasteiger partial charge in [0.15, 0.2) is 0 Å². The lowest BCUT2D eigenvalue weighted by molar-refractivity contribution is 0.0784. The van der Waals surface area contributed by atoms with Gasteiger partial charge in [0.25, 0.3) is 0 Å². The van der Waals surface area contributed by atoms with E-state index in [1.54, 1.807) is 12.1 Å². The average molecular weight is 305 g/mol. The first-order valence-electron chi connectivity index (χ1n) is 6.06. The molecular formula is C12H17ClN2O3S. The zero-order valence-corrected chi connectivity index (χ0v) is 12.2. The minimum absolute atomic E-state index is 0.00671. The second kappa shape index (κ2) is 6.19. The fraction of sp³-hybridized carbons (Fsp3) is 0.500. The molecule has 7 heteroatoms. The Labute approximate surface area is 118 Å². The molecule has 2 rings (SSSR count). The molecule has 1 fully saturated rings. The summed E-state index contributed by atoms with van der Waals surface area (Å²) in [6.07, 6.45) is 0. The molecule has 0 bridgehead atoms. The SMILES string of the molecule is Cc1ccc(S(=O)(=O)NCC2COCCN2)c(Cl)c1. The molecule has 1 unspecified atom stereocenters. The molecule has 19 heavy (non-hydrogen) atoms. The van der Waals surface area contributed by atoms with Crippen LogP contribution >= 0.6 is 11.6 Å². The standard InChI is InChI=1S/C12H17ClN2O3S/c1-9-2-3-12(11(13)6-9)19(16,17)15-7-10-8-18-5-4-14-10/h2-3,6,10,14-15H,4-5,7-8H2,1H3. The Bertz CT molecular complexity index is 542. The molecule has 0 saturated carbocycles. The Morgan fingerprint density at radius 3 is 2.95 bits per heavy atom. The smallest absolute Gasteiger partial charge is 0.242 e. The van der Waals surface area contributed by atoms with Crippen LogP contribution in [-0.2, 0) is 14.8 Å². The molecule has 1 aliphatic heterocycles. The van der Waals surface area contributed by atoms with Gasteiger partial charge in [0.1, 0.15) is 4.90 Å². The Kier molecular flexibility index (Phi) is 4.81. The number of aryl methyl sites for hydroxylation is 1. The number of rotatable bonds is 4. The molecule has 5 nitrogen and oxygen atoms in total. The van der Waals surface area contributed by atoms with Crippen LogP contribution in [0, 0.1) is 6.92 Å². The predicted octanol–water partition coefficient (Wildman–Crippen LogP) is 0.915. The quantitative estimate of drug-likeness (QED) is 0.868. The predicted molar refractivity (Wildman–Crippen MR) is 74.0 cm³/mol. The molecule has 1 aromatic rings. The molecule has 1 atom stereocenters. The van der Waals surface area contributed by atoms with Crippen molar-refractivity contribution in [1.29, 1.82) is 0 Å². The van der Waals surface area contributed by atoms with E-state index in [-0.39, 0.29) is 22.5 Å². The first kappa shape index (κ1) is 14.7. The second-order valence-corrected chi connectivity index (χ2v) is 6.65. The highest BCUT2D eigenvalue weighted by Gasteiger charge is 2.20. The molecule has 0 aliphatic carbocycles. The average Bonchev–Trinajstić information content (AvgIpc) is 2.37. The van der Waals surface area contributed by atoms with Crippen molar-refractivity contribution in [2.75, 3.05) is 26.3 Å². The van der Waals surface area contributed by atoms with Gasteiger partial charge in [-0.3, -0.25) is 0 Å². The van der Waals surface area contributed by atoms with E-state index in [2.05, 4.69) is 10.0 Å². The van der Waals surface area contributed by atoms with Gasteiger partial charge in [0, 0.05) is 19.1 Å². The van der Waals surface area contributed by atoms with Crippen LogP contribution in [0.2, 0.25) is 5.02 Å². The van der Waals surface area contributed by atoms with Gasteiger partial charge < -0.3 is 10.1 Å². The number of halogens is 1. The van der Waals surface area contributed by atoms with Crippen molar-refractivity contribution in [3.63, 3.8) is 0 Å². The molecule has 0 aromatic heterocycles. The van der Waals surface area contributed by atoms with Gasteiger partial charge in [-0.05, 0) is 24.6 Å². The summed E-state index contributed by atoms with van der Waals surface area (Å²) in [4.78, 5) is 0.108. The Hall–Kier alpha value is -0.660. The minimum Gasteiger partial charge on any atom is -0.378 e. The van der Waals surface area contributed by atoms with Crippen molar-refractivity contribution < 1.29 is 13.2 Å². The van der Waals surface area contributed by atoms with Crippen LogP contribution in [0.1, 0.15) is 5.56 Å². The first-order chi connectivity index (χ1) is 8.99.